The Bertz CT molecular complexity index is 679. The van der Waals surface area contributed by atoms with E-state index >= 15 is 0 Å². The molecule has 0 saturated carbocycles. The van der Waals surface area contributed by atoms with Crippen LogP contribution in [0.1, 0.15) is 18.8 Å². The number of aromatic nitrogens is 2. The molecule has 1 aromatic rings. The minimum atomic E-state index is -0.592. The van der Waals surface area contributed by atoms with Crippen LogP contribution in [0.25, 0.3) is 0 Å². The van der Waals surface area contributed by atoms with Gasteiger partial charge in [0.05, 0.1) is 0 Å². The van der Waals surface area contributed by atoms with Crippen molar-refractivity contribution >= 4 is 30.1 Å². The third-order valence-corrected chi connectivity index (χ3v) is 4.83. The van der Waals surface area contributed by atoms with Gasteiger partial charge in [-0.25, -0.2) is 4.98 Å². The molecule has 2 aliphatic rings. The molecule has 144 valence electrons. The van der Waals surface area contributed by atoms with Crippen molar-refractivity contribution in [2.24, 2.45) is 7.05 Å². The van der Waals surface area contributed by atoms with Gasteiger partial charge in [0.2, 0.25) is 5.91 Å². The molecule has 0 spiro atoms. The van der Waals surface area contributed by atoms with Gasteiger partial charge in [-0.1, -0.05) is 0 Å². The summed E-state index contributed by atoms with van der Waals surface area (Å²) in [5, 5.41) is 3.28. The number of piperazine rings is 2. The third kappa shape index (κ3) is 3.83. The molecule has 0 radical (unpaired) electrons. The largest absolute Gasteiger partial charge is 0.336 e. The van der Waals surface area contributed by atoms with E-state index in [0.29, 0.717) is 39.3 Å². The second-order valence-corrected chi connectivity index (χ2v) is 6.31. The second-order valence-electron chi connectivity index (χ2n) is 6.31. The van der Waals surface area contributed by atoms with Crippen LogP contribution in [-0.4, -0.2) is 87.8 Å². The summed E-state index contributed by atoms with van der Waals surface area (Å²) in [4.78, 5) is 46.0. The first-order valence-corrected chi connectivity index (χ1v) is 8.58. The van der Waals surface area contributed by atoms with E-state index in [1.165, 1.54) is 9.80 Å². The van der Waals surface area contributed by atoms with Crippen LogP contribution < -0.4 is 5.32 Å². The molecular formula is C16H25ClN6O3. The molecule has 2 fully saturated rings. The molecule has 3 amide bonds. The minimum Gasteiger partial charge on any atom is -0.336 e. The lowest BCUT2D eigenvalue weighted by atomic mass is 10.1. The standard InChI is InChI=1S/C16H24N6O3.ClH/c1-3-20-8-9-21(16(25)15(20)24)11-13(23)22-7-4-17-10-12(22)14-18-5-6-19(14)2;/h5-6,12,17H,3-4,7-11H2,1-2H3;1H. The number of nitrogens with one attached hydrogen (secondary N) is 1. The Morgan fingerprint density at radius 3 is 2.58 bits per heavy atom. The van der Waals surface area contributed by atoms with Gasteiger partial charge in [0.1, 0.15) is 18.4 Å². The van der Waals surface area contributed by atoms with Crippen molar-refractivity contribution in [3.05, 3.63) is 18.2 Å². The van der Waals surface area contributed by atoms with Crippen LogP contribution in [0.15, 0.2) is 12.4 Å². The predicted octanol–water partition coefficient (Wildman–Crippen LogP) is -0.994. The van der Waals surface area contributed by atoms with Gasteiger partial charge in [0, 0.05) is 58.7 Å². The van der Waals surface area contributed by atoms with E-state index in [-0.39, 0.29) is 30.9 Å². The van der Waals surface area contributed by atoms with Crippen molar-refractivity contribution in [3.63, 3.8) is 0 Å². The predicted molar refractivity (Wildman–Crippen MR) is 96.6 cm³/mol. The molecule has 3 heterocycles. The minimum absolute atomic E-state index is 0. The quantitative estimate of drug-likeness (QED) is 0.673. The van der Waals surface area contributed by atoms with E-state index in [9.17, 15) is 14.4 Å². The second kappa shape index (κ2) is 8.50. The number of rotatable bonds is 4. The van der Waals surface area contributed by atoms with Crippen LogP contribution in [0.5, 0.6) is 0 Å². The van der Waals surface area contributed by atoms with E-state index in [1.807, 2.05) is 24.7 Å². The van der Waals surface area contributed by atoms with Crippen molar-refractivity contribution in [2.75, 3.05) is 45.8 Å². The maximum atomic E-state index is 12.8. The van der Waals surface area contributed by atoms with Crippen LogP contribution in [0.4, 0.5) is 0 Å². The molecule has 0 bridgehead atoms. The number of aryl methyl sites for hydroxylation is 1. The number of nitrogens with zero attached hydrogens (tertiary/aromatic N) is 5. The molecule has 1 N–H and O–H groups in total. The molecule has 1 unspecified atom stereocenters. The molecule has 26 heavy (non-hydrogen) atoms. The molecule has 10 heteroatoms. The van der Waals surface area contributed by atoms with E-state index in [1.54, 1.807) is 11.1 Å². The lowest BCUT2D eigenvalue weighted by Gasteiger charge is -2.38. The third-order valence-electron chi connectivity index (χ3n) is 4.83. The van der Waals surface area contributed by atoms with Crippen LogP contribution in [0.3, 0.4) is 0 Å². The fourth-order valence-corrected chi connectivity index (χ4v) is 3.35. The van der Waals surface area contributed by atoms with Crippen molar-refractivity contribution in [1.82, 2.24) is 29.6 Å². The molecular weight excluding hydrogens is 360 g/mol. The highest BCUT2D eigenvalue weighted by atomic mass is 35.5. The molecule has 0 aromatic carbocycles. The Labute approximate surface area is 158 Å². The van der Waals surface area contributed by atoms with Gasteiger partial charge in [0.15, 0.2) is 0 Å². The maximum absolute atomic E-state index is 12.8. The first-order valence-electron chi connectivity index (χ1n) is 8.58. The Morgan fingerprint density at radius 2 is 1.92 bits per heavy atom. The Balaban J connectivity index is 0.00000243. The zero-order chi connectivity index (χ0) is 18.0. The Kier molecular flexibility index (Phi) is 6.60. The number of halogens is 1. The zero-order valence-corrected chi connectivity index (χ0v) is 15.9. The molecule has 9 nitrogen and oxygen atoms in total. The summed E-state index contributed by atoms with van der Waals surface area (Å²) < 4.78 is 1.90. The lowest BCUT2D eigenvalue weighted by molar-refractivity contribution is -0.158. The van der Waals surface area contributed by atoms with Crippen molar-refractivity contribution in [3.8, 4) is 0 Å². The van der Waals surface area contributed by atoms with Gasteiger partial charge in [-0.15, -0.1) is 12.4 Å². The van der Waals surface area contributed by atoms with Crippen molar-refractivity contribution in [1.29, 1.82) is 0 Å². The molecule has 0 aliphatic carbocycles. The first kappa shape index (κ1) is 20.2. The monoisotopic (exact) mass is 384 g/mol. The fourth-order valence-electron chi connectivity index (χ4n) is 3.35. The Hall–Kier alpha value is -2.13. The van der Waals surface area contributed by atoms with Crippen LogP contribution in [0.2, 0.25) is 0 Å². The first-order chi connectivity index (χ1) is 12.0. The summed E-state index contributed by atoms with van der Waals surface area (Å²) in [7, 11) is 1.89. The average Bonchev–Trinajstić information content (AvgIpc) is 3.05. The van der Waals surface area contributed by atoms with Gasteiger partial charge >= 0.3 is 11.8 Å². The highest BCUT2D eigenvalue weighted by Crippen LogP contribution is 2.21. The number of carbonyl (C=O) groups excluding carboxylic acids is 3. The smallest absolute Gasteiger partial charge is 0.312 e. The van der Waals surface area contributed by atoms with Crippen molar-refractivity contribution < 1.29 is 14.4 Å². The highest BCUT2D eigenvalue weighted by molar-refractivity contribution is 6.35. The van der Waals surface area contributed by atoms with Gasteiger partial charge in [0.25, 0.3) is 0 Å². The summed E-state index contributed by atoms with van der Waals surface area (Å²) >= 11 is 0. The number of likely N-dealkylation sites (N-methyl/N-ethyl adjacent to an activating group) is 1. The van der Waals surface area contributed by atoms with Gasteiger partial charge in [-0.2, -0.15) is 0 Å². The number of amides is 3. The summed E-state index contributed by atoms with van der Waals surface area (Å²) in [6, 6.07) is -0.177. The van der Waals surface area contributed by atoms with Crippen LogP contribution in [0, 0.1) is 0 Å². The molecule has 1 aromatic heterocycles. The molecule has 2 saturated heterocycles. The maximum Gasteiger partial charge on any atom is 0.312 e. The van der Waals surface area contributed by atoms with E-state index in [4.69, 9.17) is 0 Å². The number of imidazole rings is 1. The molecule has 3 rings (SSSR count). The summed E-state index contributed by atoms with van der Waals surface area (Å²) in [5.41, 5.74) is 0. The van der Waals surface area contributed by atoms with Crippen molar-refractivity contribution in [2.45, 2.75) is 13.0 Å². The fraction of sp³-hybridized carbons (Fsp3) is 0.625. The van der Waals surface area contributed by atoms with E-state index in [2.05, 4.69) is 10.3 Å². The van der Waals surface area contributed by atoms with Crippen LogP contribution >= 0.6 is 12.4 Å². The number of carbonyl (C=O) groups is 3. The number of hydrogen-bond donors (Lipinski definition) is 1. The topological polar surface area (TPSA) is 90.8 Å². The molecule has 1 atom stereocenters. The molecule has 2 aliphatic heterocycles. The summed E-state index contributed by atoms with van der Waals surface area (Å²) in [6.07, 6.45) is 3.55. The lowest BCUT2D eigenvalue weighted by Crippen LogP contribution is -2.58. The summed E-state index contributed by atoms with van der Waals surface area (Å²) in [5.74, 6) is -0.466. The van der Waals surface area contributed by atoms with E-state index < -0.39 is 11.8 Å². The highest BCUT2D eigenvalue weighted by Gasteiger charge is 2.36. The zero-order valence-electron chi connectivity index (χ0n) is 15.1. The summed E-state index contributed by atoms with van der Waals surface area (Å²) in [6.45, 7) is 5.00. The van der Waals surface area contributed by atoms with Gasteiger partial charge in [-0.3, -0.25) is 14.4 Å². The van der Waals surface area contributed by atoms with Gasteiger partial charge in [-0.05, 0) is 6.92 Å². The SMILES string of the molecule is CCN1CCN(CC(=O)N2CCNCC2c2nccn2C)C(=O)C1=O.Cl. The van der Waals surface area contributed by atoms with E-state index in [0.717, 1.165) is 5.82 Å². The number of hydrogen-bond acceptors (Lipinski definition) is 5. The Morgan fingerprint density at radius 1 is 1.23 bits per heavy atom. The van der Waals surface area contributed by atoms with Crippen LogP contribution in [-0.2, 0) is 21.4 Å². The normalized spacial score (nSPS) is 21.0. The average molecular weight is 385 g/mol. The van der Waals surface area contributed by atoms with Gasteiger partial charge < -0.3 is 24.6 Å².